The monoisotopic (exact) mass is 412 g/mol. The molecule has 2 rings (SSSR count). The van der Waals surface area contributed by atoms with Crippen LogP contribution >= 0.6 is 15.9 Å². The largest absolute Gasteiger partial charge is 0.492 e. The van der Waals surface area contributed by atoms with E-state index >= 15 is 0 Å². The van der Waals surface area contributed by atoms with E-state index in [0.717, 1.165) is 42.7 Å². The molecule has 1 aromatic carbocycles. The van der Waals surface area contributed by atoms with Crippen LogP contribution in [-0.4, -0.2) is 60.8 Å². The van der Waals surface area contributed by atoms with Crippen molar-refractivity contribution in [3.63, 3.8) is 0 Å². The number of piperidine rings is 1. The van der Waals surface area contributed by atoms with Crippen molar-refractivity contribution >= 4 is 22.0 Å². The van der Waals surface area contributed by atoms with Crippen LogP contribution in [0.5, 0.6) is 5.75 Å². The highest BCUT2D eigenvalue weighted by molar-refractivity contribution is 9.10. The number of benzene rings is 1. The van der Waals surface area contributed by atoms with Gasteiger partial charge in [-0.05, 0) is 51.8 Å². The Kier molecular flexibility index (Phi) is 7.14. The van der Waals surface area contributed by atoms with Crippen molar-refractivity contribution in [1.82, 2.24) is 9.80 Å². The summed E-state index contributed by atoms with van der Waals surface area (Å²) in [5.74, 6) is 0.883. The maximum Gasteiger partial charge on any atom is 0.410 e. The first-order chi connectivity index (χ1) is 11.7. The lowest BCUT2D eigenvalue weighted by atomic mass is 10.0. The third-order valence-corrected chi connectivity index (χ3v) is 4.75. The summed E-state index contributed by atoms with van der Waals surface area (Å²) in [5.41, 5.74) is -0.449. The predicted molar refractivity (Wildman–Crippen MR) is 103 cm³/mol. The van der Waals surface area contributed by atoms with Gasteiger partial charge in [-0.3, -0.25) is 4.90 Å². The smallest absolute Gasteiger partial charge is 0.410 e. The highest BCUT2D eigenvalue weighted by atomic mass is 79.9. The van der Waals surface area contributed by atoms with Gasteiger partial charge in [0.25, 0.3) is 0 Å². The first-order valence-electron chi connectivity index (χ1n) is 8.81. The molecular formula is C19H29BrN2O3. The Hall–Kier alpha value is -1.27. The molecule has 1 aliphatic rings. The summed E-state index contributed by atoms with van der Waals surface area (Å²) in [5, 5.41) is 0. The van der Waals surface area contributed by atoms with Crippen LogP contribution in [0.1, 0.15) is 33.6 Å². The fourth-order valence-corrected chi connectivity index (χ4v) is 3.24. The average Bonchev–Trinajstić information content (AvgIpc) is 2.53. The molecule has 25 heavy (non-hydrogen) atoms. The summed E-state index contributed by atoms with van der Waals surface area (Å²) in [6, 6.07) is 8.14. The Morgan fingerprint density at radius 1 is 1.32 bits per heavy atom. The molecule has 0 atom stereocenters. The van der Waals surface area contributed by atoms with E-state index in [2.05, 4.69) is 20.8 Å². The number of hydrogen-bond acceptors (Lipinski definition) is 4. The third kappa shape index (κ3) is 6.86. The molecular weight excluding hydrogens is 384 g/mol. The molecule has 0 saturated carbocycles. The van der Waals surface area contributed by atoms with Gasteiger partial charge in [-0.2, -0.15) is 0 Å². The Labute approximate surface area is 159 Å². The molecule has 0 N–H and O–H groups in total. The first kappa shape index (κ1) is 20.0. The number of likely N-dealkylation sites (tertiary alicyclic amines) is 1. The van der Waals surface area contributed by atoms with Crippen molar-refractivity contribution in [2.75, 3.05) is 33.3 Å². The minimum absolute atomic E-state index is 0.232. The second kappa shape index (κ2) is 8.90. The summed E-state index contributed by atoms with van der Waals surface area (Å²) in [6.45, 7) is 9.20. The maximum absolute atomic E-state index is 12.2. The van der Waals surface area contributed by atoms with Gasteiger partial charge in [-0.15, -0.1) is 0 Å². The molecule has 5 nitrogen and oxygen atoms in total. The molecule has 0 spiro atoms. The van der Waals surface area contributed by atoms with Crippen molar-refractivity contribution in [2.45, 2.75) is 45.3 Å². The number of amides is 1. The molecule has 1 saturated heterocycles. The molecule has 0 unspecified atom stereocenters. The lowest BCUT2D eigenvalue weighted by molar-refractivity contribution is 0.0147. The molecule has 1 aliphatic heterocycles. The Bertz CT molecular complexity index is 566. The van der Waals surface area contributed by atoms with Crippen LogP contribution in [0, 0.1) is 0 Å². The Balaban J connectivity index is 1.69. The van der Waals surface area contributed by atoms with E-state index in [1.807, 2.05) is 52.1 Å². The zero-order chi connectivity index (χ0) is 18.4. The zero-order valence-electron chi connectivity index (χ0n) is 15.6. The van der Waals surface area contributed by atoms with Crippen molar-refractivity contribution in [3.05, 3.63) is 28.7 Å². The van der Waals surface area contributed by atoms with Gasteiger partial charge in [-0.1, -0.05) is 22.0 Å². The summed E-state index contributed by atoms with van der Waals surface area (Å²) >= 11 is 3.45. The maximum atomic E-state index is 12.2. The highest BCUT2D eigenvalue weighted by Crippen LogP contribution is 2.20. The molecule has 140 valence electrons. The fourth-order valence-electron chi connectivity index (χ4n) is 2.86. The van der Waals surface area contributed by atoms with Crippen LogP contribution < -0.4 is 4.74 Å². The quantitative estimate of drug-likeness (QED) is 0.727. The second-order valence-corrected chi connectivity index (χ2v) is 8.39. The van der Waals surface area contributed by atoms with Crippen molar-refractivity contribution in [3.8, 4) is 5.75 Å². The standard InChI is InChI=1S/C19H29BrN2O3/c1-19(2,3)25-18(23)21(4)16-8-10-22(11-9-16)12-13-24-17-7-5-6-15(20)14-17/h5-7,14,16H,8-13H2,1-4H3. The molecule has 1 heterocycles. The summed E-state index contributed by atoms with van der Waals surface area (Å²) in [7, 11) is 1.84. The predicted octanol–water partition coefficient (Wildman–Crippen LogP) is 4.16. The fraction of sp³-hybridized carbons (Fsp3) is 0.632. The van der Waals surface area contributed by atoms with Crippen LogP contribution in [0.15, 0.2) is 28.7 Å². The van der Waals surface area contributed by atoms with Crippen molar-refractivity contribution < 1.29 is 14.3 Å². The highest BCUT2D eigenvalue weighted by Gasteiger charge is 2.28. The SMILES string of the molecule is CN(C(=O)OC(C)(C)C)C1CCN(CCOc2cccc(Br)c2)CC1. The second-order valence-electron chi connectivity index (χ2n) is 7.47. The molecule has 0 bridgehead atoms. The van der Waals surface area contributed by atoms with E-state index in [-0.39, 0.29) is 12.1 Å². The van der Waals surface area contributed by atoms with Gasteiger partial charge < -0.3 is 14.4 Å². The van der Waals surface area contributed by atoms with E-state index in [1.165, 1.54) is 0 Å². The molecule has 0 aromatic heterocycles. The minimum Gasteiger partial charge on any atom is -0.492 e. The van der Waals surface area contributed by atoms with E-state index in [4.69, 9.17) is 9.47 Å². The first-order valence-corrected chi connectivity index (χ1v) is 9.60. The van der Waals surface area contributed by atoms with Gasteiger partial charge in [0, 0.05) is 37.2 Å². The summed E-state index contributed by atoms with van der Waals surface area (Å²) < 4.78 is 12.3. The number of halogens is 1. The average molecular weight is 413 g/mol. The van der Waals surface area contributed by atoms with E-state index in [0.29, 0.717) is 6.61 Å². The molecule has 0 aliphatic carbocycles. The topological polar surface area (TPSA) is 42.0 Å². The van der Waals surface area contributed by atoms with Crippen LogP contribution in [0.3, 0.4) is 0 Å². The van der Waals surface area contributed by atoms with E-state index in [9.17, 15) is 4.79 Å². The van der Waals surface area contributed by atoms with Crippen LogP contribution in [0.2, 0.25) is 0 Å². The number of rotatable bonds is 5. The molecule has 1 amide bonds. The van der Waals surface area contributed by atoms with Crippen molar-refractivity contribution in [1.29, 1.82) is 0 Å². The lowest BCUT2D eigenvalue weighted by Crippen LogP contribution is -2.47. The number of ether oxygens (including phenoxy) is 2. The normalized spacial score (nSPS) is 16.5. The van der Waals surface area contributed by atoms with Gasteiger partial charge in [-0.25, -0.2) is 4.79 Å². The lowest BCUT2D eigenvalue weighted by Gasteiger charge is -2.37. The van der Waals surface area contributed by atoms with Crippen LogP contribution in [0.4, 0.5) is 4.79 Å². The molecule has 6 heteroatoms. The molecule has 1 aromatic rings. The van der Waals surface area contributed by atoms with Gasteiger partial charge in [0.15, 0.2) is 0 Å². The third-order valence-electron chi connectivity index (χ3n) is 4.26. The Morgan fingerprint density at radius 3 is 2.60 bits per heavy atom. The van der Waals surface area contributed by atoms with Gasteiger partial charge in [0.1, 0.15) is 18.0 Å². The number of hydrogen-bond donors (Lipinski definition) is 0. The number of nitrogens with zero attached hydrogens (tertiary/aromatic N) is 2. The van der Waals surface area contributed by atoms with Crippen LogP contribution in [-0.2, 0) is 4.74 Å². The van der Waals surface area contributed by atoms with Gasteiger partial charge in [0.05, 0.1) is 0 Å². The zero-order valence-corrected chi connectivity index (χ0v) is 17.2. The van der Waals surface area contributed by atoms with Crippen LogP contribution in [0.25, 0.3) is 0 Å². The number of carbonyl (C=O) groups is 1. The molecule has 1 fully saturated rings. The minimum atomic E-state index is -0.449. The summed E-state index contributed by atoms with van der Waals surface area (Å²) in [4.78, 5) is 16.3. The Morgan fingerprint density at radius 2 is 2.00 bits per heavy atom. The van der Waals surface area contributed by atoms with Crippen molar-refractivity contribution in [2.24, 2.45) is 0 Å². The van der Waals surface area contributed by atoms with Gasteiger partial charge >= 0.3 is 6.09 Å². The number of carbonyl (C=O) groups excluding carboxylic acids is 1. The van der Waals surface area contributed by atoms with E-state index < -0.39 is 5.60 Å². The van der Waals surface area contributed by atoms with E-state index in [1.54, 1.807) is 4.90 Å². The molecule has 0 radical (unpaired) electrons. The summed E-state index contributed by atoms with van der Waals surface area (Å²) in [6.07, 6.45) is 1.70. The van der Waals surface area contributed by atoms with Gasteiger partial charge in [0.2, 0.25) is 0 Å².